The minimum Gasteiger partial charge on any atom is -0.294 e. The summed E-state index contributed by atoms with van der Waals surface area (Å²) in [5, 5.41) is 8.37. The van der Waals surface area contributed by atoms with Gasteiger partial charge in [0.15, 0.2) is 22.0 Å². The zero-order valence-electron chi connectivity index (χ0n) is 67.1. The summed E-state index contributed by atoms with van der Waals surface area (Å²) in [5.74, 6) is 0.838. The number of fused-ring (bicyclic) bond motifs is 6. The fraction of sp³-hybridized carbons (Fsp3) is 0.0889. The van der Waals surface area contributed by atoms with Crippen LogP contribution in [0.25, 0.3) is 88.9 Å². The Morgan fingerprint density at radius 1 is 0.281 bits per heavy atom. The summed E-state index contributed by atoms with van der Waals surface area (Å²) in [5.41, 5.74) is 5.71. The van der Waals surface area contributed by atoms with Crippen LogP contribution >= 0.6 is 0 Å². The molecule has 0 atom stereocenters. The van der Waals surface area contributed by atoms with Gasteiger partial charge in [-0.1, -0.05) is 338 Å². The zero-order chi connectivity index (χ0) is 76.5. The van der Waals surface area contributed by atoms with Crippen LogP contribution in [-0.4, -0.2) is 35.2 Å². The van der Waals surface area contributed by atoms with E-state index in [-0.39, 0.29) is 61.8 Å². The minimum atomic E-state index is -4.51. The van der Waals surface area contributed by atoms with E-state index in [1.807, 2.05) is 176 Å². The molecule has 0 saturated heterocycles. The molecule has 0 bridgehead atoms. The quantitative estimate of drug-likeness (QED) is 0.0852. The molecule has 3 aromatic heterocycles. The van der Waals surface area contributed by atoms with Crippen molar-refractivity contribution in [3.8, 4) is 45.3 Å². The van der Waals surface area contributed by atoms with Crippen molar-refractivity contribution in [1.82, 2.24) is 19.1 Å². The van der Waals surface area contributed by atoms with Crippen LogP contribution in [0, 0.1) is 0 Å². The Hall–Kier alpha value is -11.0. The molecule has 16 aromatic rings. The van der Waals surface area contributed by atoms with Crippen molar-refractivity contribution in [3.05, 3.63) is 351 Å². The molecule has 0 spiro atoms. The van der Waals surface area contributed by atoms with E-state index in [2.05, 4.69) is 111 Å². The molecule has 4 nitrogen and oxygen atoms in total. The van der Waals surface area contributed by atoms with Crippen LogP contribution in [-0.2, 0) is 10.8 Å². The maximum absolute atomic E-state index is 12.0. The molecule has 0 aliphatic heterocycles. The summed E-state index contributed by atoms with van der Waals surface area (Å²) < 4.78 is 131. The molecule has 3 heterocycles. The van der Waals surface area contributed by atoms with Crippen molar-refractivity contribution in [2.24, 2.45) is 0 Å². The van der Waals surface area contributed by atoms with Gasteiger partial charge in [0.2, 0.25) is 0 Å². The lowest BCUT2D eigenvalue weighted by molar-refractivity contribution is 0.590. The SMILES string of the molecule is [2H]c1c([2H])c([2H])c(-c2cccc([Si](c3ccccc3)(c3ccccc3)c3c([2H])c(-c4nc(-n5c6ccccc6c6ccccc65)cc(-n5c6ccc(C(C)(C)C)cc6c6cc(C(C)(C)C)ccc65)n4)c([2H])c([Si](c4ccccc4)(c4ccccc4)c4cccc(-c5c([2H])c([2H])c([2H])c([2H])c5[2H])c4)c3[2H])c2)c([2H])c1[2H]. The van der Waals surface area contributed by atoms with Crippen LogP contribution in [0.15, 0.2) is 339 Å². The Balaban J connectivity index is 1.15. The molecule has 0 amide bonds. The molecular formula is C90H74N4Si2. The number of para-hydroxylation sites is 2. The molecule has 0 saturated carbocycles. The number of aromatic nitrogens is 4. The van der Waals surface area contributed by atoms with Crippen LogP contribution < -0.4 is 41.5 Å². The Morgan fingerprint density at radius 3 is 1.00 bits per heavy atom. The number of hydrogen-bond donors (Lipinski definition) is 0. The number of benzene rings is 13. The van der Waals surface area contributed by atoms with Crippen molar-refractivity contribution in [1.29, 1.82) is 0 Å². The largest absolute Gasteiger partial charge is 0.294 e. The third-order valence-electron chi connectivity index (χ3n) is 19.0. The molecule has 0 aliphatic rings. The summed E-state index contributed by atoms with van der Waals surface area (Å²) in [7, 11) is -9.02. The molecule has 0 radical (unpaired) electrons. The van der Waals surface area contributed by atoms with Crippen molar-refractivity contribution in [3.63, 3.8) is 0 Å². The van der Waals surface area contributed by atoms with E-state index in [1.165, 1.54) is 0 Å². The van der Waals surface area contributed by atoms with E-state index < -0.39 is 76.6 Å². The van der Waals surface area contributed by atoms with E-state index in [0.717, 1.165) is 54.7 Å². The standard InChI is InChI=1S/C90H74N4Si2/c1-89(2,3)68-51-53-84-80(59-68)81-60-69(90(4,5)6)52-54-85(81)94(84)87-62-86(93-82-49-27-25-47-78(82)79-48-26-28-50-83(79)93)91-88(92-87)67-57-76(95(70-37-17-9-18-38-70,71-39-19-10-20-40-71)74-45-29-35-65(55-74)63-31-13-7-14-32-63)61-77(58-67)96(72-41-21-11-22-42-72,73-43-23-12-24-44-73)75-46-30-36-66(56-75)64-33-15-8-16-34-64/h7-62H,1-6H3/i7D,8D,13D,14D,15D,16D,31D,32D,33D,34D,57D,58D,61D. The summed E-state index contributed by atoms with van der Waals surface area (Å²) in [6.45, 7) is 13.2. The van der Waals surface area contributed by atoms with Crippen LogP contribution in [0.2, 0.25) is 0 Å². The predicted octanol–water partition coefficient (Wildman–Crippen LogP) is 17.0. The van der Waals surface area contributed by atoms with Crippen molar-refractivity contribution >= 4 is 101 Å². The summed E-state index contributed by atoms with van der Waals surface area (Å²) in [6.07, 6.45) is 0. The average Bonchev–Trinajstić information content (AvgIpc) is 1.40. The van der Waals surface area contributed by atoms with Gasteiger partial charge in [-0.05, 0) is 122 Å². The van der Waals surface area contributed by atoms with Gasteiger partial charge in [-0.25, -0.2) is 9.97 Å². The van der Waals surface area contributed by atoms with Gasteiger partial charge in [0.05, 0.1) is 39.9 Å². The van der Waals surface area contributed by atoms with Crippen LogP contribution in [0.1, 0.15) is 70.5 Å². The van der Waals surface area contributed by atoms with E-state index >= 15 is 0 Å². The molecule has 6 heteroatoms. The molecule has 0 N–H and O–H groups in total. The molecule has 0 aliphatic carbocycles. The highest BCUT2D eigenvalue weighted by atomic mass is 28.3. The summed E-state index contributed by atoms with van der Waals surface area (Å²) in [4.78, 5) is 11.7. The first-order chi connectivity index (χ1) is 52.3. The highest BCUT2D eigenvalue weighted by molar-refractivity contribution is 7.22. The van der Waals surface area contributed by atoms with Crippen LogP contribution in [0.3, 0.4) is 0 Å². The topological polar surface area (TPSA) is 35.6 Å². The monoisotopic (exact) mass is 1280 g/mol. The number of hydrogen-bond acceptors (Lipinski definition) is 2. The third-order valence-corrected chi connectivity index (χ3v) is 28.1. The van der Waals surface area contributed by atoms with E-state index in [0.29, 0.717) is 53.9 Å². The third kappa shape index (κ3) is 10.3. The smallest absolute Gasteiger partial charge is 0.179 e. The fourth-order valence-corrected chi connectivity index (χ4v) is 23.6. The van der Waals surface area contributed by atoms with E-state index in [4.69, 9.17) is 18.2 Å². The molecular weight excluding hydrogens is 1190 g/mol. The lowest BCUT2D eigenvalue weighted by Gasteiger charge is -2.38. The van der Waals surface area contributed by atoms with Gasteiger partial charge in [0, 0.05) is 33.2 Å². The number of rotatable bonds is 13. The molecule has 462 valence electrons. The number of nitrogens with zero attached hydrogens (tertiary/aromatic N) is 4. The van der Waals surface area contributed by atoms with Gasteiger partial charge in [0.25, 0.3) is 0 Å². The molecule has 96 heavy (non-hydrogen) atoms. The van der Waals surface area contributed by atoms with E-state index in [1.54, 1.807) is 24.3 Å². The van der Waals surface area contributed by atoms with Gasteiger partial charge in [-0.3, -0.25) is 9.13 Å². The van der Waals surface area contributed by atoms with Gasteiger partial charge in [-0.2, -0.15) is 0 Å². The molecule has 13 aromatic carbocycles. The van der Waals surface area contributed by atoms with Crippen molar-refractivity contribution in [2.45, 2.75) is 52.4 Å². The first-order valence-electron chi connectivity index (χ1n) is 39.0. The Kier molecular flexibility index (Phi) is 11.8. The van der Waals surface area contributed by atoms with Crippen molar-refractivity contribution < 1.29 is 17.8 Å². The molecule has 16 rings (SSSR count). The second-order valence-electron chi connectivity index (χ2n) is 26.7. The normalized spacial score (nSPS) is 14.2. The van der Waals surface area contributed by atoms with Gasteiger partial charge >= 0.3 is 0 Å². The summed E-state index contributed by atoms with van der Waals surface area (Å²) in [6, 6.07) is 79.9. The van der Waals surface area contributed by atoms with Crippen molar-refractivity contribution in [2.75, 3.05) is 0 Å². The second kappa shape index (κ2) is 24.1. The Labute approximate surface area is 583 Å². The maximum Gasteiger partial charge on any atom is 0.179 e. The van der Waals surface area contributed by atoms with Crippen LogP contribution in [0.5, 0.6) is 0 Å². The highest BCUT2D eigenvalue weighted by Gasteiger charge is 2.47. The highest BCUT2D eigenvalue weighted by Crippen LogP contribution is 2.40. The average molecular weight is 1280 g/mol. The minimum absolute atomic E-state index is 0.00621. The fourth-order valence-electron chi connectivity index (χ4n) is 14.3. The Bertz CT molecular complexity index is 5890. The lowest BCUT2D eigenvalue weighted by atomic mass is 9.85. The first-order valence-corrected chi connectivity index (χ1v) is 36.5. The van der Waals surface area contributed by atoms with Crippen LogP contribution in [0.4, 0.5) is 0 Å². The maximum atomic E-state index is 12.0. The Morgan fingerprint density at radius 2 is 0.625 bits per heavy atom. The van der Waals surface area contributed by atoms with E-state index in [9.17, 15) is 9.60 Å². The first kappa shape index (κ1) is 46.9. The predicted molar refractivity (Wildman–Crippen MR) is 412 cm³/mol. The molecule has 0 unspecified atom stereocenters. The molecule has 0 fully saturated rings. The summed E-state index contributed by atoms with van der Waals surface area (Å²) >= 11 is 0. The lowest BCUT2D eigenvalue weighted by Crippen LogP contribution is -2.78. The van der Waals surface area contributed by atoms with Gasteiger partial charge < -0.3 is 0 Å². The van der Waals surface area contributed by atoms with Gasteiger partial charge in [-0.15, -0.1) is 0 Å². The second-order valence-corrected chi connectivity index (χ2v) is 34.2. The zero-order valence-corrected chi connectivity index (χ0v) is 56.1. The van der Waals surface area contributed by atoms with Gasteiger partial charge in [0.1, 0.15) is 11.6 Å².